The molecule has 0 spiro atoms. The predicted octanol–water partition coefficient (Wildman–Crippen LogP) is 5.89. The SMILES string of the molecule is Cc1ccc(-c2cnc(N)n2N=Cc2ccc(-c3ccc(Cl)cc3Cl)o2)cc1. The van der Waals surface area contributed by atoms with E-state index in [1.54, 1.807) is 29.2 Å². The summed E-state index contributed by atoms with van der Waals surface area (Å²) in [6, 6.07) is 17.0. The first-order chi connectivity index (χ1) is 13.5. The van der Waals surface area contributed by atoms with Crippen LogP contribution in [0.15, 0.2) is 70.3 Å². The molecule has 2 N–H and O–H groups in total. The zero-order valence-corrected chi connectivity index (χ0v) is 16.4. The van der Waals surface area contributed by atoms with E-state index in [9.17, 15) is 0 Å². The molecule has 28 heavy (non-hydrogen) atoms. The van der Waals surface area contributed by atoms with Crippen LogP contribution in [-0.2, 0) is 0 Å². The Balaban J connectivity index is 1.63. The van der Waals surface area contributed by atoms with E-state index in [-0.39, 0.29) is 0 Å². The fourth-order valence-corrected chi connectivity index (χ4v) is 3.28. The molecule has 2 aromatic heterocycles. The number of hydrogen-bond donors (Lipinski definition) is 1. The van der Waals surface area contributed by atoms with Gasteiger partial charge in [0.05, 0.1) is 23.1 Å². The van der Waals surface area contributed by atoms with Gasteiger partial charge in [-0.3, -0.25) is 0 Å². The molecule has 4 aromatic rings. The molecular weight excluding hydrogens is 395 g/mol. The van der Waals surface area contributed by atoms with Gasteiger partial charge in [-0.2, -0.15) is 9.78 Å². The number of imidazole rings is 1. The fraction of sp³-hybridized carbons (Fsp3) is 0.0476. The number of nitrogens with two attached hydrogens (primary N) is 1. The number of aryl methyl sites for hydroxylation is 1. The van der Waals surface area contributed by atoms with Crippen molar-refractivity contribution in [3.8, 4) is 22.6 Å². The lowest BCUT2D eigenvalue weighted by Crippen LogP contribution is -1.99. The van der Waals surface area contributed by atoms with Gasteiger partial charge >= 0.3 is 0 Å². The van der Waals surface area contributed by atoms with Gasteiger partial charge in [-0.05, 0) is 37.3 Å². The highest BCUT2D eigenvalue weighted by Crippen LogP contribution is 2.31. The van der Waals surface area contributed by atoms with Crippen LogP contribution in [0, 0.1) is 6.92 Å². The summed E-state index contributed by atoms with van der Waals surface area (Å²) in [5.41, 5.74) is 9.68. The van der Waals surface area contributed by atoms with E-state index in [0.717, 1.165) is 16.8 Å². The van der Waals surface area contributed by atoms with E-state index in [1.807, 2.05) is 49.4 Å². The summed E-state index contributed by atoms with van der Waals surface area (Å²) in [4.78, 5) is 4.17. The molecule has 0 unspecified atom stereocenters. The van der Waals surface area contributed by atoms with Crippen LogP contribution in [0.4, 0.5) is 5.95 Å². The quantitative estimate of drug-likeness (QED) is 0.426. The minimum absolute atomic E-state index is 0.291. The van der Waals surface area contributed by atoms with Crippen molar-refractivity contribution < 1.29 is 4.42 Å². The predicted molar refractivity (Wildman–Crippen MR) is 114 cm³/mol. The van der Waals surface area contributed by atoms with Crippen molar-refractivity contribution in [2.24, 2.45) is 5.10 Å². The number of rotatable bonds is 4. The normalized spacial score (nSPS) is 11.4. The third-order valence-electron chi connectivity index (χ3n) is 4.24. The number of furan rings is 1. The summed E-state index contributed by atoms with van der Waals surface area (Å²) in [5, 5.41) is 5.52. The molecule has 0 saturated carbocycles. The Kier molecular flexibility index (Phi) is 4.94. The number of anilines is 1. The number of benzene rings is 2. The topological polar surface area (TPSA) is 69.3 Å². The maximum absolute atomic E-state index is 6.25. The lowest BCUT2D eigenvalue weighted by atomic mass is 10.1. The van der Waals surface area contributed by atoms with Crippen molar-refractivity contribution in [3.63, 3.8) is 0 Å². The van der Waals surface area contributed by atoms with E-state index in [1.165, 1.54) is 5.56 Å². The maximum atomic E-state index is 6.25. The Morgan fingerprint density at radius 3 is 2.61 bits per heavy atom. The molecule has 7 heteroatoms. The van der Waals surface area contributed by atoms with Crippen LogP contribution >= 0.6 is 23.2 Å². The molecule has 0 radical (unpaired) electrons. The molecule has 5 nitrogen and oxygen atoms in total. The van der Waals surface area contributed by atoms with Crippen LogP contribution in [0.1, 0.15) is 11.3 Å². The van der Waals surface area contributed by atoms with Crippen LogP contribution in [0.25, 0.3) is 22.6 Å². The molecular formula is C21H16Cl2N4O. The zero-order valence-electron chi connectivity index (χ0n) is 14.9. The molecule has 140 valence electrons. The molecule has 4 rings (SSSR count). The number of nitrogens with zero attached hydrogens (tertiary/aromatic N) is 3. The molecule has 0 aliphatic rings. The highest BCUT2D eigenvalue weighted by atomic mass is 35.5. The van der Waals surface area contributed by atoms with Crippen LogP contribution < -0.4 is 5.73 Å². The minimum Gasteiger partial charge on any atom is -0.455 e. The molecule has 0 fully saturated rings. The summed E-state index contributed by atoms with van der Waals surface area (Å²) >= 11 is 12.2. The Labute approximate surface area is 172 Å². The number of nitrogen functional groups attached to an aromatic ring is 1. The summed E-state index contributed by atoms with van der Waals surface area (Å²) in [5.74, 6) is 1.48. The van der Waals surface area contributed by atoms with Gasteiger partial charge in [-0.1, -0.05) is 53.0 Å². The van der Waals surface area contributed by atoms with Gasteiger partial charge in [0.15, 0.2) is 0 Å². The maximum Gasteiger partial charge on any atom is 0.221 e. The summed E-state index contributed by atoms with van der Waals surface area (Å²) in [7, 11) is 0. The smallest absolute Gasteiger partial charge is 0.221 e. The first-order valence-corrected chi connectivity index (χ1v) is 9.27. The van der Waals surface area contributed by atoms with Gasteiger partial charge in [0.1, 0.15) is 11.5 Å². The van der Waals surface area contributed by atoms with Crippen molar-refractivity contribution in [2.45, 2.75) is 6.92 Å². The Bertz CT molecular complexity index is 1160. The van der Waals surface area contributed by atoms with Gasteiger partial charge in [0.2, 0.25) is 5.95 Å². The van der Waals surface area contributed by atoms with E-state index >= 15 is 0 Å². The van der Waals surface area contributed by atoms with Gasteiger partial charge in [-0.25, -0.2) is 4.98 Å². The first-order valence-electron chi connectivity index (χ1n) is 8.51. The summed E-state index contributed by atoms with van der Waals surface area (Å²) < 4.78 is 7.41. The second-order valence-corrected chi connectivity index (χ2v) is 7.09. The van der Waals surface area contributed by atoms with E-state index < -0.39 is 0 Å². The average Bonchev–Trinajstić information content (AvgIpc) is 3.27. The Morgan fingerprint density at radius 2 is 1.86 bits per heavy atom. The average molecular weight is 411 g/mol. The fourth-order valence-electron chi connectivity index (χ4n) is 2.77. The highest BCUT2D eigenvalue weighted by molar-refractivity contribution is 6.36. The largest absolute Gasteiger partial charge is 0.455 e. The van der Waals surface area contributed by atoms with Crippen LogP contribution in [0.5, 0.6) is 0 Å². The molecule has 0 amide bonds. The third kappa shape index (κ3) is 3.67. The minimum atomic E-state index is 0.291. The lowest BCUT2D eigenvalue weighted by Gasteiger charge is -2.04. The third-order valence-corrected chi connectivity index (χ3v) is 4.78. The van der Waals surface area contributed by atoms with Crippen LogP contribution in [0.2, 0.25) is 10.0 Å². The van der Waals surface area contributed by atoms with Gasteiger partial charge < -0.3 is 10.2 Å². The Morgan fingerprint density at radius 1 is 1.07 bits per heavy atom. The van der Waals surface area contributed by atoms with Crippen LogP contribution in [0.3, 0.4) is 0 Å². The van der Waals surface area contributed by atoms with Crippen molar-refractivity contribution >= 4 is 35.4 Å². The second-order valence-electron chi connectivity index (χ2n) is 6.25. The van der Waals surface area contributed by atoms with Crippen LogP contribution in [-0.4, -0.2) is 15.9 Å². The summed E-state index contributed by atoms with van der Waals surface area (Å²) in [6.45, 7) is 2.04. The molecule has 2 heterocycles. The van der Waals surface area contributed by atoms with E-state index in [4.69, 9.17) is 33.4 Å². The van der Waals surface area contributed by atoms with Crippen molar-refractivity contribution in [1.82, 2.24) is 9.66 Å². The van der Waals surface area contributed by atoms with Crippen molar-refractivity contribution in [3.05, 3.63) is 82.2 Å². The van der Waals surface area contributed by atoms with Gasteiger partial charge in [0, 0.05) is 16.1 Å². The highest BCUT2D eigenvalue weighted by Gasteiger charge is 2.10. The molecule has 0 aliphatic carbocycles. The monoisotopic (exact) mass is 410 g/mol. The number of hydrogen-bond acceptors (Lipinski definition) is 4. The summed E-state index contributed by atoms with van der Waals surface area (Å²) in [6.07, 6.45) is 3.28. The van der Waals surface area contributed by atoms with E-state index in [2.05, 4.69) is 10.1 Å². The zero-order chi connectivity index (χ0) is 19.7. The lowest BCUT2D eigenvalue weighted by molar-refractivity contribution is 0.574. The molecule has 0 bridgehead atoms. The molecule has 0 atom stereocenters. The molecule has 0 saturated heterocycles. The first kappa shape index (κ1) is 18.3. The van der Waals surface area contributed by atoms with Gasteiger partial charge in [0.25, 0.3) is 0 Å². The molecule has 2 aromatic carbocycles. The van der Waals surface area contributed by atoms with Crippen molar-refractivity contribution in [1.29, 1.82) is 0 Å². The van der Waals surface area contributed by atoms with E-state index in [0.29, 0.717) is 27.5 Å². The Hall–Kier alpha value is -3.02. The molecule has 0 aliphatic heterocycles. The second kappa shape index (κ2) is 7.54. The standard InChI is InChI=1S/C21H16Cl2N4O/c1-13-2-4-14(5-3-13)19-12-25-21(24)27(19)26-11-16-7-9-20(28-16)17-8-6-15(22)10-18(17)23/h2-12H,1H3,(H2,24,25). The number of aromatic nitrogens is 2. The van der Waals surface area contributed by atoms with Crippen molar-refractivity contribution in [2.75, 3.05) is 5.73 Å². The van der Waals surface area contributed by atoms with Gasteiger partial charge in [-0.15, -0.1) is 0 Å². The number of halogens is 2.